The third-order valence-corrected chi connectivity index (χ3v) is 3.11. The molecule has 4 nitrogen and oxygen atoms in total. The quantitative estimate of drug-likeness (QED) is 0.803. The predicted octanol–water partition coefficient (Wildman–Crippen LogP) is 3.04. The highest BCUT2D eigenvalue weighted by atomic mass is 16.5. The van der Waals surface area contributed by atoms with Crippen LogP contribution in [0.25, 0.3) is 0 Å². The van der Waals surface area contributed by atoms with E-state index in [1.54, 1.807) is 0 Å². The molecule has 1 aliphatic heterocycles. The Hall–Kier alpha value is -1.42. The van der Waals surface area contributed by atoms with Crippen LogP contribution in [-0.4, -0.2) is 25.4 Å². The minimum Gasteiger partial charge on any atom is -0.491 e. The molecule has 106 valence electrons. The summed E-state index contributed by atoms with van der Waals surface area (Å²) in [6.45, 7) is 5.72. The Bertz CT molecular complexity index is 401. The smallest absolute Gasteiger partial charge is 0.123 e. The molecule has 0 saturated carbocycles. The first-order valence-corrected chi connectivity index (χ1v) is 7.06. The predicted molar refractivity (Wildman–Crippen MR) is 78.7 cm³/mol. The van der Waals surface area contributed by atoms with Crippen molar-refractivity contribution in [1.82, 2.24) is 0 Å². The second-order valence-electron chi connectivity index (χ2n) is 5.33. The minimum atomic E-state index is 0.149. The molecular formula is C15H24N2O2. The zero-order valence-electron chi connectivity index (χ0n) is 11.8. The van der Waals surface area contributed by atoms with Gasteiger partial charge >= 0.3 is 0 Å². The molecule has 2 rings (SSSR count). The number of nitrogens with two attached hydrogens (primary N) is 1. The monoisotopic (exact) mass is 264 g/mol. The van der Waals surface area contributed by atoms with Crippen LogP contribution in [0.3, 0.4) is 0 Å². The summed E-state index contributed by atoms with van der Waals surface area (Å²) in [5, 5.41) is 3.38. The molecule has 1 fully saturated rings. The summed E-state index contributed by atoms with van der Waals surface area (Å²) in [5.74, 6) is 0.807. The van der Waals surface area contributed by atoms with Gasteiger partial charge in [0.1, 0.15) is 5.75 Å². The fraction of sp³-hybridized carbons (Fsp3) is 0.600. The molecule has 1 aliphatic rings. The van der Waals surface area contributed by atoms with Crippen molar-refractivity contribution in [2.24, 2.45) is 0 Å². The Morgan fingerprint density at radius 2 is 2.21 bits per heavy atom. The third kappa shape index (κ3) is 4.63. The summed E-state index contributed by atoms with van der Waals surface area (Å²) < 4.78 is 11.4. The molecule has 0 aromatic heterocycles. The summed E-state index contributed by atoms with van der Waals surface area (Å²) in [7, 11) is 0. The van der Waals surface area contributed by atoms with Crippen LogP contribution in [0.4, 0.5) is 11.4 Å². The van der Waals surface area contributed by atoms with Gasteiger partial charge in [-0.15, -0.1) is 0 Å². The van der Waals surface area contributed by atoms with Gasteiger partial charge in [-0.25, -0.2) is 0 Å². The van der Waals surface area contributed by atoms with Crippen molar-refractivity contribution in [3.8, 4) is 5.75 Å². The second kappa shape index (κ2) is 6.66. The molecular weight excluding hydrogens is 240 g/mol. The maximum Gasteiger partial charge on any atom is 0.123 e. The number of anilines is 2. The van der Waals surface area contributed by atoms with Gasteiger partial charge in [-0.05, 0) is 39.2 Å². The van der Waals surface area contributed by atoms with Gasteiger partial charge in [0.15, 0.2) is 0 Å². The van der Waals surface area contributed by atoms with Crippen molar-refractivity contribution in [2.45, 2.75) is 45.3 Å². The van der Waals surface area contributed by atoms with Crippen LogP contribution in [0, 0.1) is 0 Å². The molecule has 1 unspecified atom stereocenters. The molecule has 1 aromatic rings. The fourth-order valence-electron chi connectivity index (χ4n) is 2.26. The standard InChI is InChI=1S/C15H24N2O2/c1-11(2)19-15-8-12(16)7-13(9-15)17-10-14-5-3-4-6-18-14/h7-9,11,14,17H,3-6,10,16H2,1-2H3. The Labute approximate surface area is 115 Å². The molecule has 3 N–H and O–H groups in total. The number of rotatable bonds is 5. The van der Waals surface area contributed by atoms with Crippen LogP contribution in [0.15, 0.2) is 18.2 Å². The largest absolute Gasteiger partial charge is 0.491 e. The van der Waals surface area contributed by atoms with Crippen molar-refractivity contribution in [1.29, 1.82) is 0 Å². The van der Waals surface area contributed by atoms with Gasteiger partial charge in [0.2, 0.25) is 0 Å². The van der Waals surface area contributed by atoms with Crippen molar-refractivity contribution in [2.75, 3.05) is 24.2 Å². The zero-order valence-corrected chi connectivity index (χ0v) is 11.8. The number of hydrogen-bond acceptors (Lipinski definition) is 4. The van der Waals surface area contributed by atoms with Gasteiger partial charge < -0.3 is 20.5 Å². The van der Waals surface area contributed by atoms with E-state index in [1.807, 2.05) is 32.0 Å². The first-order valence-electron chi connectivity index (χ1n) is 7.06. The highest BCUT2D eigenvalue weighted by molar-refractivity contribution is 5.59. The van der Waals surface area contributed by atoms with Crippen molar-refractivity contribution in [3.63, 3.8) is 0 Å². The van der Waals surface area contributed by atoms with E-state index in [0.29, 0.717) is 11.8 Å². The highest BCUT2D eigenvalue weighted by Gasteiger charge is 2.13. The molecule has 0 radical (unpaired) electrons. The molecule has 19 heavy (non-hydrogen) atoms. The van der Waals surface area contributed by atoms with Gasteiger partial charge in [0.05, 0.1) is 12.2 Å². The number of benzene rings is 1. The van der Waals surface area contributed by atoms with Crippen LogP contribution in [-0.2, 0) is 4.74 Å². The maximum atomic E-state index is 5.89. The first-order chi connectivity index (χ1) is 9.13. The van der Waals surface area contributed by atoms with Gasteiger partial charge in [-0.2, -0.15) is 0 Å². The molecule has 0 bridgehead atoms. The summed E-state index contributed by atoms with van der Waals surface area (Å²) in [5.41, 5.74) is 7.60. The van der Waals surface area contributed by atoms with E-state index in [4.69, 9.17) is 15.2 Å². The lowest BCUT2D eigenvalue weighted by Gasteiger charge is -2.23. The normalized spacial score (nSPS) is 19.4. The molecule has 1 heterocycles. The SMILES string of the molecule is CC(C)Oc1cc(N)cc(NCC2CCCCO2)c1. The Kier molecular flexibility index (Phi) is 4.91. The van der Waals surface area contributed by atoms with Gasteiger partial charge in [-0.3, -0.25) is 0 Å². The Balaban J connectivity index is 1.93. The fourth-order valence-corrected chi connectivity index (χ4v) is 2.26. The second-order valence-corrected chi connectivity index (χ2v) is 5.33. The van der Waals surface area contributed by atoms with E-state index in [-0.39, 0.29) is 6.10 Å². The van der Waals surface area contributed by atoms with E-state index >= 15 is 0 Å². The van der Waals surface area contributed by atoms with Gasteiger partial charge in [0.25, 0.3) is 0 Å². The molecule has 1 saturated heterocycles. The van der Waals surface area contributed by atoms with E-state index in [0.717, 1.165) is 31.0 Å². The topological polar surface area (TPSA) is 56.5 Å². The van der Waals surface area contributed by atoms with Crippen LogP contribution >= 0.6 is 0 Å². The number of nitrogens with one attached hydrogen (secondary N) is 1. The van der Waals surface area contributed by atoms with Gasteiger partial charge in [-0.1, -0.05) is 0 Å². The van der Waals surface area contributed by atoms with E-state index in [1.165, 1.54) is 12.8 Å². The first kappa shape index (κ1) is 14.0. The lowest BCUT2D eigenvalue weighted by atomic mass is 10.1. The molecule has 0 amide bonds. The average Bonchev–Trinajstić information content (AvgIpc) is 2.36. The maximum absolute atomic E-state index is 5.89. The van der Waals surface area contributed by atoms with E-state index in [9.17, 15) is 0 Å². The van der Waals surface area contributed by atoms with E-state index < -0.39 is 0 Å². The summed E-state index contributed by atoms with van der Waals surface area (Å²) >= 11 is 0. The number of ether oxygens (including phenoxy) is 2. The number of nitrogen functional groups attached to an aromatic ring is 1. The lowest BCUT2D eigenvalue weighted by Crippen LogP contribution is -2.27. The zero-order chi connectivity index (χ0) is 13.7. The van der Waals surface area contributed by atoms with Crippen molar-refractivity contribution < 1.29 is 9.47 Å². The van der Waals surface area contributed by atoms with E-state index in [2.05, 4.69) is 5.32 Å². The molecule has 4 heteroatoms. The summed E-state index contributed by atoms with van der Waals surface area (Å²) in [6, 6.07) is 5.76. The Morgan fingerprint density at radius 1 is 1.37 bits per heavy atom. The van der Waals surface area contributed by atoms with Crippen LogP contribution in [0.5, 0.6) is 5.75 Å². The van der Waals surface area contributed by atoms with Crippen LogP contribution in [0.1, 0.15) is 33.1 Å². The minimum absolute atomic E-state index is 0.149. The average molecular weight is 264 g/mol. The van der Waals surface area contributed by atoms with Crippen LogP contribution < -0.4 is 15.8 Å². The van der Waals surface area contributed by atoms with Crippen molar-refractivity contribution >= 4 is 11.4 Å². The van der Waals surface area contributed by atoms with Gasteiger partial charge in [0, 0.05) is 36.7 Å². The molecule has 0 aliphatic carbocycles. The summed E-state index contributed by atoms with van der Waals surface area (Å²) in [6.07, 6.45) is 4.03. The highest BCUT2D eigenvalue weighted by Crippen LogP contribution is 2.24. The third-order valence-electron chi connectivity index (χ3n) is 3.11. The van der Waals surface area contributed by atoms with Crippen LogP contribution in [0.2, 0.25) is 0 Å². The number of hydrogen-bond donors (Lipinski definition) is 2. The Morgan fingerprint density at radius 3 is 2.89 bits per heavy atom. The molecule has 1 atom stereocenters. The molecule has 1 aromatic carbocycles. The summed E-state index contributed by atoms with van der Waals surface area (Å²) in [4.78, 5) is 0. The van der Waals surface area contributed by atoms with Crippen molar-refractivity contribution in [3.05, 3.63) is 18.2 Å². The molecule has 0 spiro atoms. The lowest BCUT2D eigenvalue weighted by molar-refractivity contribution is 0.0247.